The maximum atomic E-state index is 11.4. The van der Waals surface area contributed by atoms with E-state index in [-0.39, 0.29) is 4.90 Å². The summed E-state index contributed by atoms with van der Waals surface area (Å²) < 4.78 is 46.9. The van der Waals surface area contributed by atoms with Gasteiger partial charge in [-0.15, -0.1) is 0 Å². The maximum Gasteiger partial charge on any atom is 0.296 e. The van der Waals surface area contributed by atoms with Gasteiger partial charge in [0.25, 0.3) is 10.1 Å². The number of hydrogen-bond donors (Lipinski definition) is 0. The SMILES string of the molecule is [2H][13C]([2H])([2H])OS(=O)(=O)c1ccc(C)cc1. The summed E-state index contributed by atoms with van der Waals surface area (Å²) in [4.78, 5) is -0.163. The quantitative estimate of drug-likeness (QED) is 0.522. The highest BCUT2D eigenvalue weighted by Gasteiger charge is 2.10. The molecule has 0 aromatic heterocycles. The molecule has 0 N–H and O–H groups in total. The Morgan fingerprint density at radius 3 is 2.42 bits per heavy atom. The summed E-state index contributed by atoms with van der Waals surface area (Å²) in [5.74, 6) is 0. The highest BCUT2D eigenvalue weighted by molar-refractivity contribution is 7.86. The third-order valence-electron chi connectivity index (χ3n) is 1.42. The topological polar surface area (TPSA) is 43.4 Å². The van der Waals surface area contributed by atoms with Crippen molar-refractivity contribution in [2.75, 3.05) is 7.04 Å². The molecule has 0 fully saturated rings. The molecule has 0 amide bonds. The Hall–Kier alpha value is -0.870. The molecule has 0 radical (unpaired) electrons. The number of rotatable bonds is 2. The summed E-state index contributed by atoms with van der Waals surface area (Å²) in [5.41, 5.74) is 0.878. The van der Waals surface area contributed by atoms with E-state index in [0.717, 1.165) is 5.56 Å². The predicted octanol–water partition coefficient (Wildman–Crippen LogP) is 1.33. The zero-order valence-electron chi connectivity index (χ0n) is 9.44. The van der Waals surface area contributed by atoms with Gasteiger partial charge in [0, 0.05) is 0 Å². The molecule has 4 heteroatoms. The minimum Gasteiger partial charge on any atom is -0.270 e. The minimum absolute atomic E-state index is 0.163. The van der Waals surface area contributed by atoms with Crippen molar-refractivity contribution in [3.63, 3.8) is 0 Å². The first kappa shape index (κ1) is 5.72. The van der Waals surface area contributed by atoms with E-state index in [2.05, 4.69) is 4.18 Å². The summed E-state index contributed by atoms with van der Waals surface area (Å²) in [7, 11) is -7.15. The third kappa shape index (κ3) is 1.84. The van der Waals surface area contributed by atoms with Gasteiger partial charge in [-0.3, -0.25) is 4.18 Å². The predicted molar refractivity (Wildman–Crippen MR) is 45.4 cm³/mol. The third-order valence-corrected chi connectivity index (χ3v) is 2.49. The molecule has 3 nitrogen and oxygen atoms in total. The van der Waals surface area contributed by atoms with E-state index in [1.807, 2.05) is 0 Å². The van der Waals surface area contributed by atoms with Crippen LogP contribution in [-0.2, 0) is 14.3 Å². The summed E-state index contributed by atoms with van der Waals surface area (Å²) in [6.07, 6.45) is 0. The Bertz CT molecular complexity index is 433. The molecule has 0 atom stereocenters. The van der Waals surface area contributed by atoms with Gasteiger partial charge in [0.1, 0.15) is 0 Å². The minimum atomic E-state index is -4.20. The Balaban J connectivity index is 3.02. The molecule has 0 saturated carbocycles. The fourth-order valence-corrected chi connectivity index (χ4v) is 1.32. The highest BCUT2D eigenvalue weighted by Crippen LogP contribution is 2.11. The van der Waals surface area contributed by atoms with Crippen LogP contribution in [-0.4, -0.2) is 15.5 Å². The molecule has 1 aromatic carbocycles. The second-order valence-electron chi connectivity index (χ2n) is 2.35. The second-order valence-corrected chi connectivity index (χ2v) is 3.90. The van der Waals surface area contributed by atoms with Crippen LogP contribution in [0.25, 0.3) is 0 Å². The molecule has 0 heterocycles. The van der Waals surface area contributed by atoms with Gasteiger partial charge in [-0.25, -0.2) is 0 Å². The molecule has 0 aliphatic heterocycles. The van der Waals surface area contributed by atoms with Gasteiger partial charge >= 0.3 is 0 Å². The van der Waals surface area contributed by atoms with Gasteiger partial charge in [0.2, 0.25) is 0 Å². The molecular formula is C8H10O3S. The second kappa shape index (κ2) is 3.25. The van der Waals surface area contributed by atoms with Crippen LogP contribution in [0.5, 0.6) is 0 Å². The lowest BCUT2D eigenvalue weighted by Crippen LogP contribution is -2.02. The zero-order chi connectivity index (χ0) is 11.7. The van der Waals surface area contributed by atoms with E-state index in [0.29, 0.717) is 0 Å². The van der Waals surface area contributed by atoms with E-state index in [1.165, 1.54) is 12.1 Å². The van der Waals surface area contributed by atoms with Crippen LogP contribution in [0, 0.1) is 6.92 Å². The Kier molecular flexibility index (Phi) is 1.55. The van der Waals surface area contributed by atoms with E-state index in [4.69, 9.17) is 4.11 Å². The van der Waals surface area contributed by atoms with E-state index in [1.54, 1.807) is 19.1 Å². The zero-order valence-corrected chi connectivity index (χ0v) is 7.26. The van der Waals surface area contributed by atoms with Gasteiger partial charge in [-0.05, 0) is 19.1 Å². The van der Waals surface area contributed by atoms with Crippen LogP contribution >= 0.6 is 0 Å². The fourth-order valence-electron chi connectivity index (χ4n) is 0.753. The highest BCUT2D eigenvalue weighted by atomic mass is 32.2. The van der Waals surface area contributed by atoms with Crippen LogP contribution in [0.3, 0.4) is 0 Å². The summed E-state index contributed by atoms with van der Waals surface area (Å²) in [6, 6.07) is 5.73. The molecule has 0 unspecified atom stereocenters. The molecule has 1 aromatic rings. The maximum absolute atomic E-state index is 11.4. The Morgan fingerprint density at radius 2 is 1.92 bits per heavy atom. The van der Waals surface area contributed by atoms with Crippen molar-refractivity contribution in [2.24, 2.45) is 0 Å². The monoisotopic (exact) mass is 190 g/mol. The molecule has 12 heavy (non-hydrogen) atoms. The largest absolute Gasteiger partial charge is 0.296 e. The lowest BCUT2D eigenvalue weighted by atomic mass is 10.2. The van der Waals surface area contributed by atoms with Crippen molar-refractivity contribution in [1.29, 1.82) is 0 Å². The molecule has 0 aliphatic carbocycles. The smallest absolute Gasteiger partial charge is 0.270 e. The standard InChI is InChI=1S/C8H10O3S/c1-7-3-5-8(6-4-7)12(9,10)11-2/h3-6H,1-2H3/i2+1D3. The van der Waals surface area contributed by atoms with Gasteiger partial charge in [-0.1, -0.05) is 17.7 Å². The van der Waals surface area contributed by atoms with Crippen LogP contribution in [0.15, 0.2) is 29.2 Å². The first-order valence-corrected chi connectivity index (χ1v) is 4.64. The fraction of sp³-hybridized carbons (Fsp3) is 0.250. The van der Waals surface area contributed by atoms with Gasteiger partial charge in [-0.2, -0.15) is 8.42 Å². The molecular weight excluding hydrogens is 177 g/mol. The number of benzene rings is 1. The first-order valence-electron chi connectivity index (χ1n) is 4.73. The van der Waals surface area contributed by atoms with Gasteiger partial charge in [0.05, 0.1) is 16.0 Å². The first-order chi connectivity index (χ1) is 6.71. The Labute approximate surface area is 76.3 Å². The lowest BCUT2D eigenvalue weighted by Gasteiger charge is -2.00. The van der Waals surface area contributed by atoms with Crippen molar-refractivity contribution < 1.29 is 16.7 Å². The molecule has 0 bridgehead atoms. The molecule has 0 aliphatic rings. The number of hydrogen-bond acceptors (Lipinski definition) is 3. The van der Waals surface area contributed by atoms with Crippen molar-refractivity contribution >= 4 is 10.1 Å². The number of aryl methyl sites for hydroxylation is 1. The van der Waals surface area contributed by atoms with Crippen molar-refractivity contribution in [3.05, 3.63) is 29.8 Å². The molecule has 66 valence electrons. The summed E-state index contributed by atoms with van der Waals surface area (Å²) in [5, 5.41) is 0. The van der Waals surface area contributed by atoms with E-state index in [9.17, 15) is 8.42 Å². The average molecular weight is 190 g/mol. The van der Waals surface area contributed by atoms with Crippen LogP contribution < -0.4 is 0 Å². The summed E-state index contributed by atoms with van der Waals surface area (Å²) in [6.45, 7) is 1.79. The lowest BCUT2D eigenvalue weighted by molar-refractivity contribution is 0.398. The van der Waals surface area contributed by atoms with E-state index >= 15 is 0 Å². The summed E-state index contributed by atoms with van der Waals surface area (Å²) >= 11 is 0. The van der Waals surface area contributed by atoms with Crippen molar-refractivity contribution in [3.8, 4) is 0 Å². The molecule has 1 rings (SSSR count). The molecule has 0 saturated heterocycles. The van der Waals surface area contributed by atoms with Crippen molar-refractivity contribution in [1.82, 2.24) is 0 Å². The van der Waals surface area contributed by atoms with Crippen LogP contribution in [0.2, 0.25) is 0 Å². The average Bonchev–Trinajstić information content (AvgIpc) is 2.00. The van der Waals surface area contributed by atoms with Crippen LogP contribution in [0.1, 0.15) is 9.68 Å². The van der Waals surface area contributed by atoms with Crippen molar-refractivity contribution in [2.45, 2.75) is 11.8 Å². The van der Waals surface area contributed by atoms with Gasteiger partial charge < -0.3 is 0 Å². The normalized spacial score (nSPS) is 16.2. The van der Waals surface area contributed by atoms with E-state index < -0.39 is 17.2 Å². The van der Waals surface area contributed by atoms with Gasteiger partial charge in [0.15, 0.2) is 0 Å². The molecule has 0 spiro atoms. The Morgan fingerprint density at radius 1 is 1.33 bits per heavy atom. The van der Waals surface area contributed by atoms with Crippen LogP contribution in [0.4, 0.5) is 0 Å².